The average molecular weight is 480 g/mol. The molecule has 0 aliphatic carbocycles. The number of aryl methyl sites for hydroxylation is 1. The molecule has 0 spiro atoms. The summed E-state index contributed by atoms with van der Waals surface area (Å²) in [5.41, 5.74) is 2.20. The smallest absolute Gasteiger partial charge is 0.429 e. The molecule has 0 radical (unpaired) electrons. The Morgan fingerprint density at radius 1 is 0.853 bits per heavy atom. The van der Waals surface area contributed by atoms with E-state index in [1.165, 1.54) is 42.5 Å². The lowest BCUT2D eigenvalue weighted by Crippen LogP contribution is -2.21. The number of rotatable bonds is 8. The van der Waals surface area contributed by atoms with Gasteiger partial charge in [0.15, 0.2) is 11.6 Å². The van der Waals surface area contributed by atoms with Crippen molar-refractivity contribution in [3.8, 4) is 11.5 Å². The minimum Gasteiger partial charge on any atom is -0.429 e. The Morgan fingerprint density at radius 2 is 1.50 bits per heavy atom. The van der Waals surface area contributed by atoms with E-state index in [0.29, 0.717) is 16.7 Å². The van der Waals surface area contributed by atoms with Gasteiger partial charge in [-0.3, -0.25) is 0 Å². The zero-order valence-corrected chi connectivity index (χ0v) is 18.4. The molecule has 0 saturated carbocycles. The van der Waals surface area contributed by atoms with Crippen LogP contribution in [0.5, 0.6) is 11.5 Å². The van der Waals surface area contributed by atoms with Gasteiger partial charge in [0.05, 0.1) is 5.56 Å². The number of alkyl halides is 5. The van der Waals surface area contributed by atoms with E-state index in [1.54, 1.807) is 25.1 Å². The van der Waals surface area contributed by atoms with E-state index in [2.05, 4.69) is 4.74 Å². The third kappa shape index (κ3) is 6.79. The SMILES string of the molecule is CCCc1ccc(C(F)(F)Oc2ccc(C=C(C)c3ccc(OC(F)(F)F)c(F)c3)cc2)cc1. The van der Waals surface area contributed by atoms with Crippen molar-refractivity contribution < 1.29 is 35.8 Å². The Balaban J connectivity index is 1.70. The molecule has 8 heteroatoms. The van der Waals surface area contributed by atoms with Crippen LogP contribution in [0.25, 0.3) is 11.6 Å². The van der Waals surface area contributed by atoms with E-state index in [-0.39, 0.29) is 11.3 Å². The van der Waals surface area contributed by atoms with E-state index < -0.39 is 24.0 Å². The Hall–Kier alpha value is -3.42. The molecular weight excluding hydrogens is 458 g/mol. The first-order valence-electron chi connectivity index (χ1n) is 10.5. The van der Waals surface area contributed by atoms with Crippen molar-refractivity contribution in [1.29, 1.82) is 0 Å². The van der Waals surface area contributed by atoms with Crippen molar-refractivity contribution >= 4 is 11.6 Å². The largest absolute Gasteiger partial charge is 0.573 e. The van der Waals surface area contributed by atoms with Crippen molar-refractivity contribution in [3.05, 3.63) is 94.8 Å². The molecule has 0 atom stereocenters. The minimum atomic E-state index is -4.99. The van der Waals surface area contributed by atoms with Gasteiger partial charge in [-0.05, 0) is 72.0 Å². The highest BCUT2D eigenvalue weighted by atomic mass is 19.4. The van der Waals surface area contributed by atoms with Crippen LogP contribution >= 0.6 is 0 Å². The Morgan fingerprint density at radius 3 is 2.06 bits per heavy atom. The van der Waals surface area contributed by atoms with Gasteiger partial charge in [-0.2, -0.15) is 8.78 Å². The summed E-state index contributed by atoms with van der Waals surface area (Å²) in [7, 11) is 0. The van der Waals surface area contributed by atoms with Crippen LogP contribution in [0.1, 0.15) is 42.5 Å². The molecule has 0 unspecified atom stereocenters. The lowest BCUT2D eigenvalue weighted by molar-refractivity contribution is -0.275. The quantitative estimate of drug-likeness (QED) is 0.238. The van der Waals surface area contributed by atoms with Gasteiger partial charge in [-0.25, -0.2) is 4.39 Å². The molecule has 0 aliphatic heterocycles. The molecule has 0 heterocycles. The molecule has 0 saturated heterocycles. The highest BCUT2D eigenvalue weighted by Crippen LogP contribution is 2.33. The van der Waals surface area contributed by atoms with Gasteiger partial charge in [0.25, 0.3) is 0 Å². The fraction of sp³-hybridized carbons (Fsp3) is 0.231. The minimum absolute atomic E-state index is 0.0443. The molecule has 3 aromatic carbocycles. The predicted octanol–water partition coefficient (Wildman–Crippen LogP) is 8.37. The van der Waals surface area contributed by atoms with Gasteiger partial charge in [-0.15, -0.1) is 13.2 Å². The lowest BCUT2D eigenvalue weighted by Gasteiger charge is -2.18. The van der Waals surface area contributed by atoms with Gasteiger partial charge in [0.1, 0.15) is 5.75 Å². The van der Waals surface area contributed by atoms with Crippen LogP contribution in [0.2, 0.25) is 0 Å². The second-order valence-corrected chi connectivity index (χ2v) is 7.66. The molecule has 2 nitrogen and oxygen atoms in total. The topological polar surface area (TPSA) is 18.5 Å². The van der Waals surface area contributed by atoms with E-state index in [0.717, 1.165) is 30.5 Å². The molecule has 3 rings (SSSR count). The third-order valence-electron chi connectivity index (χ3n) is 4.95. The fourth-order valence-electron chi connectivity index (χ4n) is 3.28. The molecule has 3 aromatic rings. The fourth-order valence-corrected chi connectivity index (χ4v) is 3.28. The van der Waals surface area contributed by atoms with Crippen LogP contribution in [-0.4, -0.2) is 6.36 Å². The molecular formula is C26H22F6O2. The van der Waals surface area contributed by atoms with Crippen molar-refractivity contribution in [3.63, 3.8) is 0 Å². The van der Waals surface area contributed by atoms with Crippen LogP contribution in [0.15, 0.2) is 66.7 Å². The summed E-state index contributed by atoms with van der Waals surface area (Å²) in [6.45, 7) is 3.65. The van der Waals surface area contributed by atoms with E-state index in [4.69, 9.17) is 4.74 Å². The number of benzene rings is 3. The summed E-state index contributed by atoms with van der Waals surface area (Å²) >= 11 is 0. The van der Waals surface area contributed by atoms with Crippen molar-refractivity contribution in [2.45, 2.75) is 39.2 Å². The number of hydrogen-bond acceptors (Lipinski definition) is 2. The number of ether oxygens (including phenoxy) is 2. The van der Waals surface area contributed by atoms with Gasteiger partial charge < -0.3 is 9.47 Å². The highest BCUT2D eigenvalue weighted by molar-refractivity contribution is 5.80. The molecule has 0 N–H and O–H groups in total. The summed E-state index contributed by atoms with van der Waals surface area (Å²) in [5.74, 6) is -2.13. The molecule has 0 fully saturated rings. The van der Waals surface area contributed by atoms with Crippen LogP contribution in [0.4, 0.5) is 26.3 Å². The third-order valence-corrected chi connectivity index (χ3v) is 4.95. The van der Waals surface area contributed by atoms with Gasteiger partial charge in [0, 0.05) is 0 Å². The van der Waals surface area contributed by atoms with Gasteiger partial charge in [0.2, 0.25) is 0 Å². The van der Waals surface area contributed by atoms with E-state index in [9.17, 15) is 26.3 Å². The van der Waals surface area contributed by atoms with E-state index >= 15 is 0 Å². The van der Waals surface area contributed by atoms with Crippen LogP contribution in [-0.2, 0) is 12.5 Å². The summed E-state index contributed by atoms with van der Waals surface area (Å²) in [6, 6.07) is 14.9. The summed E-state index contributed by atoms with van der Waals surface area (Å²) in [4.78, 5) is 0. The number of allylic oxidation sites excluding steroid dienone is 1. The molecule has 0 amide bonds. The van der Waals surface area contributed by atoms with Crippen molar-refractivity contribution in [2.75, 3.05) is 0 Å². The maximum atomic E-state index is 14.5. The molecule has 0 bridgehead atoms. The summed E-state index contributed by atoms with van der Waals surface area (Å²) in [6.07, 6.45) is -5.16. The maximum absolute atomic E-state index is 14.5. The first kappa shape index (κ1) is 25.2. The van der Waals surface area contributed by atoms with Gasteiger partial charge >= 0.3 is 12.5 Å². The first-order valence-corrected chi connectivity index (χ1v) is 10.5. The van der Waals surface area contributed by atoms with Crippen molar-refractivity contribution in [2.24, 2.45) is 0 Å². The standard InChI is InChI=1S/C26H22F6O2/c1-3-4-18-5-10-21(11-6-18)25(28,29)33-22-12-7-19(8-13-22)15-17(2)20-9-14-24(23(27)16-20)34-26(30,31)32/h5-16H,3-4H2,1-2H3. The monoisotopic (exact) mass is 480 g/mol. The number of halogens is 6. The normalized spacial score (nSPS) is 12.5. The molecule has 0 aliphatic rings. The molecule has 34 heavy (non-hydrogen) atoms. The second-order valence-electron chi connectivity index (χ2n) is 7.66. The van der Waals surface area contributed by atoms with E-state index in [1.807, 2.05) is 6.92 Å². The number of hydrogen-bond donors (Lipinski definition) is 0. The predicted molar refractivity (Wildman–Crippen MR) is 118 cm³/mol. The zero-order chi connectivity index (χ0) is 24.9. The Labute approximate surface area is 193 Å². The highest BCUT2D eigenvalue weighted by Gasteiger charge is 2.34. The van der Waals surface area contributed by atoms with Crippen LogP contribution in [0.3, 0.4) is 0 Å². The van der Waals surface area contributed by atoms with Crippen molar-refractivity contribution in [1.82, 2.24) is 0 Å². The van der Waals surface area contributed by atoms with Gasteiger partial charge in [-0.1, -0.05) is 49.8 Å². The first-order chi connectivity index (χ1) is 16.0. The lowest BCUT2D eigenvalue weighted by atomic mass is 10.0. The molecule has 0 aromatic heterocycles. The van der Waals surface area contributed by atoms with Crippen LogP contribution in [0, 0.1) is 5.82 Å². The summed E-state index contributed by atoms with van der Waals surface area (Å²) < 4.78 is 88.3. The summed E-state index contributed by atoms with van der Waals surface area (Å²) in [5, 5.41) is 0. The van der Waals surface area contributed by atoms with Crippen LogP contribution < -0.4 is 9.47 Å². The molecule has 180 valence electrons. The second kappa shape index (κ2) is 10.2. The Kier molecular flexibility index (Phi) is 7.59. The Bertz CT molecular complexity index is 1130. The maximum Gasteiger partial charge on any atom is 0.573 e. The zero-order valence-electron chi connectivity index (χ0n) is 18.4. The average Bonchev–Trinajstić information content (AvgIpc) is 2.76.